The highest BCUT2D eigenvalue weighted by Gasteiger charge is 2.26. The van der Waals surface area contributed by atoms with E-state index in [9.17, 15) is 9.59 Å². The highest BCUT2D eigenvalue weighted by Crippen LogP contribution is 2.15. The van der Waals surface area contributed by atoms with Crippen molar-refractivity contribution in [1.29, 1.82) is 0 Å². The van der Waals surface area contributed by atoms with Crippen molar-refractivity contribution in [3.63, 3.8) is 0 Å². The number of hydrogen-bond acceptors (Lipinski definition) is 5. The zero-order chi connectivity index (χ0) is 20.3. The van der Waals surface area contributed by atoms with Crippen LogP contribution in [-0.2, 0) is 20.9 Å². The number of morpholine rings is 1. The van der Waals surface area contributed by atoms with Gasteiger partial charge in [0.15, 0.2) is 0 Å². The fourth-order valence-electron chi connectivity index (χ4n) is 3.28. The molecule has 2 heterocycles. The Bertz CT molecular complexity index is 823. The van der Waals surface area contributed by atoms with Crippen molar-refractivity contribution >= 4 is 17.5 Å². The van der Waals surface area contributed by atoms with E-state index in [1.165, 1.54) is 10.9 Å². The predicted octanol–water partition coefficient (Wildman–Crippen LogP) is 1.47. The zero-order valence-electron chi connectivity index (χ0n) is 16.5. The van der Waals surface area contributed by atoms with Crippen LogP contribution in [0.15, 0.2) is 36.7 Å². The van der Waals surface area contributed by atoms with Gasteiger partial charge in [0.1, 0.15) is 12.6 Å². The van der Waals surface area contributed by atoms with Crippen LogP contribution in [0.1, 0.15) is 31.0 Å². The maximum absolute atomic E-state index is 12.5. The molecule has 3 N–H and O–H groups in total. The van der Waals surface area contributed by atoms with Crippen LogP contribution in [0.2, 0.25) is 0 Å². The van der Waals surface area contributed by atoms with Crippen LogP contribution in [-0.4, -0.2) is 51.8 Å². The van der Waals surface area contributed by atoms with Gasteiger partial charge in [0.05, 0.1) is 24.1 Å². The van der Waals surface area contributed by atoms with Crippen LogP contribution in [0.4, 0.5) is 5.69 Å². The molecule has 8 heteroatoms. The molecule has 2 amide bonds. The van der Waals surface area contributed by atoms with Gasteiger partial charge in [-0.25, -0.2) is 0 Å². The van der Waals surface area contributed by atoms with Crippen LogP contribution >= 0.6 is 0 Å². The van der Waals surface area contributed by atoms with Gasteiger partial charge in [-0.1, -0.05) is 29.8 Å². The van der Waals surface area contributed by atoms with Crippen LogP contribution in [0, 0.1) is 6.92 Å². The van der Waals surface area contributed by atoms with Gasteiger partial charge in [0.25, 0.3) is 0 Å². The molecule has 1 aromatic carbocycles. The second-order valence-corrected chi connectivity index (χ2v) is 7.36. The minimum atomic E-state index is -0.776. The van der Waals surface area contributed by atoms with E-state index >= 15 is 0 Å². The Morgan fingerprint density at radius 1 is 1.25 bits per heavy atom. The van der Waals surface area contributed by atoms with Crippen LogP contribution in [0.25, 0.3) is 0 Å². The lowest BCUT2D eigenvalue weighted by Crippen LogP contribution is -2.49. The summed E-state index contributed by atoms with van der Waals surface area (Å²) in [6.07, 6.45) is 3.18. The molecule has 0 spiro atoms. The molecule has 8 nitrogen and oxygen atoms in total. The average molecular weight is 385 g/mol. The average Bonchev–Trinajstić information content (AvgIpc) is 3.07. The van der Waals surface area contributed by atoms with E-state index in [1.54, 1.807) is 11.1 Å². The molecule has 2 aromatic rings. The molecule has 1 fully saturated rings. The Kier molecular flexibility index (Phi) is 6.11. The van der Waals surface area contributed by atoms with Crippen molar-refractivity contribution in [2.24, 2.45) is 5.73 Å². The molecule has 3 unspecified atom stereocenters. The topological polar surface area (TPSA) is 102 Å². The molecular weight excluding hydrogens is 358 g/mol. The van der Waals surface area contributed by atoms with Crippen LogP contribution in [0.5, 0.6) is 0 Å². The summed E-state index contributed by atoms with van der Waals surface area (Å²) >= 11 is 0. The fourth-order valence-corrected chi connectivity index (χ4v) is 3.28. The molecular formula is C20H27N5O3. The number of amides is 2. The van der Waals surface area contributed by atoms with Crippen molar-refractivity contribution in [2.75, 3.05) is 18.4 Å². The second-order valence-electron chi connectivity index (χ2n) is 7.36. The van der Waals surface area contributed by atoms with E-state index in [2.05, 4.69) is 10.4 Å². The minimum Gasteiger partial charge on any atom is -0.372 e. The molecule has 0 saturated carbocycles. The van der Waals surface area contributed by atoms with Gasteiger partial charge in [-0.3, -0.25) is 14.3 Å². The SMILES string of the molecule is Cc1ccc(C(N)C(=O)Nc2cnn(CC(=O)N3CC(C)OC(C)C3)c2)cc1. The number of aromatic nitrogens is 2. The summed E-state index contributed by atoms with van der Waals surface area (Å²) in [5.41, 5.74) is 8.38. The number of nitrogens with zero attached hydrogens (tertiary/aromatic N) is 3. The van der Waals surface area contributed by atoms with Gasteiger partial charge in [-0.15, -0.1) is 0 Å². The normalized spacial score (nSPS) is 20.6. The fraction of sp³-hybridized carbons (Fsp3) is 0.450. The van der Waals surface area contributed by atoms with E-state index < -0.39 is 6.04 Å². The Morgan fingerprint density at radius 2 is 1.89 bits per heavy atom. The number of hydrogen-bond donors (Lipinski definition) is 2. The minimum absolute atomic E-state index is 0.0171. The molecule has 1 aromatic heterocycles. The lowest BCUT2D eigenvalue weighted by Gasteiger charge is -2.35. The van der Waals surface area contributed by atoms with Crippen molar-refractivity contribution in [1.82, 2.24) is 14.7 Å². The summed E-state index contributed by atoms with van der Waals surface area (Å²) in [6, 6.07) is 6.73. The molecule has 1 aliphatic heterocycles. The van der Waals surface area contributed by atoms with Gasteiger partial charge < -0.3 is 20.7 Å². The largest absolute Gasteiger partial charge is 0.372 e. The predicted molar refractivity (Wildman–Crippen MR) is 106 cm³/mol. The number of carbonyl (C=O) groups is 2. The molecule has 150 valence electrons. The molecule has 0 radical (unpaired) electrons. The molecule has 3 atom stereocenters. The number of aryl methyl sites for hydroxylation is 1. The van der Waals surface area contributed by atoms with Crippen molar-refractivity contribution in [3.05, 3.63) is 47.8 Å². The molecule has 0 bridgehead atoms. The van der Waals surface area contributed by atoms with Gasteiger partial charge in [-0.2, -0.15) is 5.10 Å². The molecule has 1 saturated heterocycles. The smallest absolute Gasteiger partial charge is 0.245 e. The van der Waals surface area contributed by atoms with Crippen molar-refractivity contribution in [3.8, 4) is 0 Å². The highest BCUT2D eigenvalue weighted by atomic mass is 16.5. The summed E-state index contributed by atoms with van der Waals surface area (Å²) in [4.78, 5) is 26.7. The number of ether oxygens (including phenoxy) is 1. The monoisotopic (exact) mass is 385 g/mol. The summed E-state index contributed by atoms with van der Waals surface area (Å²) in [5.74, 6) is -0.357. The summed E-state index contributed by atoms with van der Waals surface area (Å²) in [7, 11) is 0. The maximum Gasteiger partial charge on any atom is 0.245 e. The number of rotatable bonds is 5. The van der Waals surface area contributed by atoms with E-state index in [1.807, 2.05) is 45.0 Å². The van der Waals surface area contributed by atoms with Gasteiger partial charge in [0.2, 0.25) is 11.8 Å². The van der Waals surface area contributed by atoms with Gasteiger partial charge in [0, 0.05) is 19.3 Å². The first-order valence-corrected chi connectivity index (χ1v) is 9.40. The Morgan fingerprint density at radius 3 is 2.54 bits per heavy atom. The first-order valence-electron chi connectivity index (χ1n) is 9.40. The summed E-state index contributed by atoms with van der Waals surface area (Å²) in [5, 5.41) is 6.92. The molecule has 28 heavy (non-hydrogen) atoms. The third-order valence-electron chi connectivity index (χ3n) is 4.69. The Labute approximate surface area is 164 Å². The molecule has 3 rings (SSSR count). The summed E-state index contributed by atoms with van der Waals surface area (Å²) < 4.78 is 7.17. The number of anilines is 1. The van der Waals surface area contributed by atoms with E-state index in [4.69, 9.17) is 10.5 Å². The van der Waals surface area contributed by atoms with E-state index in [0.717, 1.165) is 11.1 Å². The number of benzene rings is 1. The van der Waals surface area contributed by atoms with Crippen molar-refractivity contribution in [2.45, 2.75) is 45.6 Å². The first-order chi connectivity index (χ1) is 13.3. The van der Waals surface area contributed by atoms with Crippen LogP contribution in [0.3, 0.4) is 0 Å². The standard InChI is InChI=1S/C20H27N5O3/c1-13-4-6-16(7-5-13)19(21)20(27)23-17-8-22-25(11-17)12-18(26)24-9-14(2)28-15(3)10-24/h4-8,11,14-15,19H,9-10,12,21H2,1-3H3,(H,23,27). The van der Waals surface area contributed by atoms with Gasteiger partial charge >= 0.3 is 0 Å². The third kappa shape index (κ3) is 4.96. The van der Waals surface area contributed by atoms with Gasteiger partial charge in [-0.05, 0) is 26.3 Å². The molecule has 1 aliphatic rings. The third-order valence-corrected chi connectivity index (χ3v) is 4.69. The highest BCUT2D eigenvalue weighted by molar-refractivity contribution is 5.95. The van der Waals surface area contributed by atoms with E-state index in [-0.39, 0.29) is 30.6 Å². The Balaban J connectivity index is 1.57. The quantitative estimate of drug-likeness (QED) is 0.811. The Hall–Kier alpha value is -2.71. The maximum atomic E-state index is 12.5. The first kappa shape index (κ1) is 20.0. The van der Waals surface area contributed by atoms with Crippen LogP contribution < -0.4 is 11.1 Å². The number of nitrogens with one attached hydrogen (secondary N) is 1. The second kappa shape index (κ2) is 8.53. The molecule has 0 aliphatic carbocycles. The summed E-state index contributed by atoms with van der Waals surface area (Å²) in [6.45, 7) is 7.13. The lowest BCUT2D eigenvalue weighted by atomic mass is 10.1. The number of carbonyl (C=O) groups excluding carboxylic acids is 2. The lowest BCUT2D eigenvalue weighted by molar-refractivity contribution is -0.144. The van der Waals surface area contributed by atoms with E-state index in [0.29, 0.717) is 18.8 Å². The zero-order valence-corrected chi connectivity index (χ0v) is 16.5. The number of nitrogens with two attached hydrogens (primary N) is 1. The van der Waals surface area contributed by atoms with Crippen molar-refractivity contribution < 1.29 is 14.3 Å².